The quantitative estimate of drug-likeness (QED) is 0.800. The summed E-state index contributed by atoms with van der Waals surface area (Å²) in [7, 11) is 0. The van der Waals surface area contributed by atoms with Crippen LogP contribution in [0.15, 0.2) is 42.5 Å². The maximum absolute atomic E-state index is 12.4. The average molecular weight is 369 g/mol. The highest BCUT2D eigenvalue weighted by atomic mass is 16.6. The Labute approximate surface area is 160 Å². The van der Waals surface area contributed by atoms with Gasteiger partial charge in [-0.1, -0.05) is 37.6 Å². The van der Waals surface area contributed by atoms with Crippen LogP contribution in [0, 0.1) is 12.8 Å². The van der Waals surface area contributed by atoms with Crippen molar-refractivity contribution in [3.05, 3.63) is 53.6 Å². The van der Waals surface area contributed by atoms with Crippen LogP contribution in [0.25, 0.3) is 0 Å². The van der Waals surface area contributed by atoms with E-state index < -0.39 is 0 Å². The van der Waals surface area contributed by atoms with Gasteiger partial charge in [0.2, 0.25) is 5.91 Å². The zero-order chi connectivity index (χ0) is 19.2. The lowest BCUT2D eigenvalue weighted by Crippen LogP contribution is -2.32. The van der Waals surface area contributed by atoms with Gasteiger partial charge < -0.3 is 19.5 Å². The van der Waals surface area contributed by atoms with Crippen LogP contribution >= 0.6 is 0 Å². The number of aryl methyl sites for hydroxylation is 1. The molecule has 1 N–H and O–H groups in total. The first-order chi connectivity index (χ1) is 13.0. The van der Waals surface area contributed by atoms with Crippen molar-refractivity contribution in [2.75, 3.05) is 19.8 Å². The van der Waals surface area contributed by atoms with Crippen LogP contribution < -0.4 is 19.5 Å². The molecule has 2 aromatic rings. The van der Waals surface area contributed by atoms with Crippen LogP contribution in [0.2, 0.25) is 0 Å². The second kappa shape index (κ2) is 8.80. The van der Waals surface area contributed by atoms with E-state index in [1.165, 1.54) is 5.56 Å². The number of ether oxygens (including phenoxy) is 3. The third-order valence-corrected chi connectivity index (χ3v) is 4.53. The Morgan fingerprint density at radius 1 is 1.07 bits per heavy atom. The Hall–Kier alpha value is -2.69. The zero-order valence-corrected chi connectivity index (χ0v) is 16.2. The monoisotopic (exact) mass is 369 g/mol. The molecule has 27 heavy (non-hydrogen) atoms. The predicted octanol–water partition coefficient (Wildman–Crippen LogP) is 4.05. The van der Waals surface area contributed by atoms with Crippen molar-refractivity contribution >= 4 is 5.91 Å². The zero-order valence-electron chi connectivity index (χ0n) is 16.2. The minimum Gasteiger partial charge on any atom is -0.493 e. The van der Waals surface area contributed by atoms with Crippen LogP contribution in [0.4, 0.5) is 0 Å². The van der Waals surface area contributed by atoms with E-state index in [0.717, 1.165) is 22.8 Å². The van der Waals surface area contributed by atoms with E-state index >= 15 is 0 Å². The lowest BCUT2D eigenvalue weighted by molar-refractivity contribution is -0.122. The minimum absolute atomic E-state index is 0.0318. The number of nitrogens with one attached hydrogen (secondary N) is 1. The van der Waals surface area contributed by atoms with Gasteiger partial charge in [0.1, 0.15) is 19.0 Å². The van der Waals surface area contributed by atoms with Crippen molar-refractivity contribution in [1.82, 2.24) is 5.32 Å². The van der Waals surface area contributed by atoms with E-state index in [9.17, 15) is 4.79 Å². The Balaban J connectivity index is 1.57. The first-order valence-electron chi connectivity index (χ1n) is 9.41. The van der Waals surface area contributed by atoms with Gasteiger partial charge >= 0.3 is 0 Å². The summed E-state index contributed by atoms with van der Waals surface area (Å²) < 4.78 is 16.9. The van der Waals surface area contributed by atoms with Crippen molar-refractivity contribution < 1.29 is 19.0 Å². The van der Waals surface area contributed by atoms with E-state index in [-0.39, 0.29) is 17.9 Å². The van der Waals surface area contributed by atoms with Crippen molar-refractivity contribution in [3.8, 4) is 17.2 Å². The van der Waals surface area contributed by atoms with E-state index in [1.807, 2.05) is 49.4 Å². The number of carbonyl (C=O) groups is 1. The number of amides is 1. The number of fused-ring (bicyclic) bond motifs is 1. The Morgan fingerprint density at radius 3 is 2.48 bits per heavy atom. The van der Waals surface area contributed by atoms with Crippen LogP contribution in [0.5, 0.6) is 17.2 Å². The van der Waals surface area contributed by atoms with Crippen LogP contribution in [-0.4, -0.2) is 25.7 Å². The molecule has 0 radical (unpaired) electrons. The molecule has 3 rings (SSSR count). The van der Waals surface area contributed by atoms with E-state index in [1.54, 1.807) is 0 Å². The average Bonchev–Trinajstić information content (AvgIpc) is 2.67. The molecule has 5 nitrogen and oxygen atoms in total. The van der Waals surface area contributed by atoms with Crippen LogP contribution in [0.3, 0.4) is 0 Å². The van der Waals surface area contributed by atoms with Gasteiger partial charge in [0.05, 0.1) is 19.1 Å². The fraction of sp³-hybridized carbons (Fsp3) is 0.409. The SMILES string of the molecule is Cc1ccc(OCCC(=O)N[C@H](c2ccc3c(c2)OCCO3)C(C)C)cc1. The van der Waals surface area contributed by atoms with Gasteiger partial charge in [-0.05, 0) is 42.7 Å². The summed E-state index contributed by atoms with van der Waals surface area (Å²) in [5, 5.41) is 3.12. The lowest BCUT2D eigenvalue weighted by atomic mass is 9.95. The number of benzene rings is 2. The molecular weight excluding hydrogens is 342 g/mol. The summed E-state index contributed by atoms with van der Waals surface area (Å²) in [6.45, 7) is 7.67. The standard InChI is InChI=1S/C22H27NO4/c1-15(2)22(17-6-9-19-20(14-17)27-13-12-26-19)23-21(24)10-11-25-18-7-4-16(3)5-8-18/h4-9,14-15,22H,10-13H2,1-3H3,(H,23,24)/t22-/m0/s1. The first kappa shape index (κ1) is 19.1. The Morgan fingerprint density at radius 2 is 1.78 bits per heavy atom. The first-order valence-corrected chi connectivity index (χ1v) is 9.41. The number of carbonyl (C=O) groups excluding carboxylic acids is 1. The third kappa shape index (κ3) is 5.16. The largest absolute Gasteiger partial charge is 0.493 e. The minimum atomic E-state index is -0.0901. The molecule has 2 aromatic carbocycles. The van der Waals surface area contributed by atoms with Gasteiger partial charge in [-0.2, -0.15) is 0 Å². The van der Waals surface area contributed by atoms with Crippen molar-refractivity contribution in [3.63, 3.8) is 0 Å². The second-order valence-corrected chi connectivity index (χ2v) is 7.10. The maximum atomic E-state index is 12.4. The molecule has 1 amide bonds. The van der Waals surface area contributed by atoms with Gasteiger partial charge in [-0.3, -0.25) is 4.79 Å². The molecule has 1 aliphatic heterocycles. The molecule has 0 unspecified atom stereocenters. The number of hydrogen-bond acceptors (Lipinski definition) is 4. The predicted molar refractivity (Wildman–Crippen MR) is 104 cm³/mol. The molecular formula is C22H27NO4. The maximum Gasteiger partial charge on any atom is 0.223 e. The smallest absolute Gasteiger partial charge is 0.223 e. The molecule has 0 saturated carbocycles. The summed E-state index contributed by atoms with van der Waals surface area (Å²) in [5.74, 6) is 2.48. The molecule has 1 aliphatic rings. The van der Waals surface area contributed by atoms with Gasteiger partial charge in [0, 0.05) is 0 Å². The molecule has 0 bridgehead atoms. The third-order valence-electron chi connectivity index (χ3n) is 4.53. The summed E-state index contributed by atoms with van der Waals surface area (Å²) in [5.41, 5.74) is 2.20. The highest BCUT2D eigenvalue weighted by Crippen LogP contribution is 2.34. The molecule has 0 saturated heterocycles. The molecule has 1 atom stereocenters. The molecule has 0 fully saturated rings. The fourth-order valence-electron chi connectivity index (χ4n) is 3.03. The van der Waals surface area contributed by atoms with Crippen molar-refractivity contribution in [2.24, 2.45) is 5.92 Å². The summed E-state index contributed by atoms with van der Waals surface area (Å²) >= 11 is 0. The number of hydrogen-bond donors (Lipinski definition) is 1. The molecule has 0 spiro atoms. The molecule has 1 heterocycles. The van der Waals surface area contributed by atoms with Gasteiger partial charge in [-0.15, -0.1) is 0 Å². The van der Waals surface area contributed by atoms with E-state index in [0.29, 0.717) is 26.2 Å². The second-order valence-electron chi connectivity index (χ2n) is 7.10. The summed E-state index contributed by atoms with van der Waals surface area (Å²) in [6.07, 6.45) is 0.307. The van der Waals surface area contributed by atoms with Crippen molar-refractivity contribution in [1.29, 1.82) is 0 Å². The van der Waals surface area contributed by atoms with E-state index in [2.05, 4.69) is 19.2 Å². The van der Waals surface area contributed by atoms with Crippen molar-refractivity contribution in [2.45, 2.75) is 33.2 Å². The van der Waals surface area contributed by atoms with Gasteiger partial charge in [0.15, 0.2) is 11.5 Å². The normalized spacial score (nSPS) is 13.9. The molecule has 0 aromatic heterocycles. The Kier molecular flexibility index (Phi) is 6.22. The van der Waals surface area contributed by atoms with E-state index in [4.69, 9.17) is 14.2 Å². The highest BCUT2D eigenvalue weighted by molar-refractivity contribution is 5.76. The molecule has 0 aliphatic carbocycles. The highest BCUT2D eigenvalue weighted by Gasteiger charge is 2.21. The van der Waals surface area contributed by atoms with Gasteiger partial charge in [0.25, 0.3) is 0 Å². The molecule has 144 valence electrons. The molecule has 5 heteroatoms. The fourth-order valence-corrected chi connectivity index (χ4v) is 3.03. The van der Waals surface area contributed by atoms with Crippen LogP contribution in [-0.2, 0) is 4.79 Å². The topological polar surface area (TPSA) is 56.8 Å². The Bertz CT molecular complexity index is 770. The summed E-state index contributed by atoms with van der Waals surface area (Å²) in [4.78, 5) is 12.4. The van der Waals surface area contributed by atoms with Crippen LogP contribution in [0.1, 0.15) is 37.4 Å². The number of rotatable bonds is 7. The lowest BCUT2D eigenvalue weighted by Gasteiger charge is -2.25. The van der Waals surface area contributed by atoms with Gasteiger partial charge in [-0.25, -0.2) is 0 Å². The summed E-state index contributed by atoms with van der Waals surface area (Å²) in [6, 6.07) is 13.6.